The molecule has 2 saturated heterocycles. The second-order valence-electron chi connectivity index (χ2n) is 15.1. The summed E-state index contributed by atoms with van der Waals surface area (Å²) < 4.78 is 13.8. The van der Waals surface area contributed by atoms with Gasteiger partial charge in [-0.15, -0.1) is 10.2 Å². The Morgan fingerprint density at radius 2 is 1.70 bits per heavy atom. The van der Waals surface area contributed by atoms with Gasteiger partial charge in [0.25, 0.3) is 0 Å². The molecule has 2 aliphatic heterocycles. The fraction of sp³-hybridized carbons (Fsp3) is 0.588. The lowest BCUT2D eigenvalue weighted by atomic mass is 9.96. The summed E-state index contributed by atoms with van der Waals surface area (Å²) in [5, 5.41) is 24.2. The molecule has 252 valence electrons. The van der Waals surface area contributed by atoms with Crippen molar-refractivity contribution >= 4 is 30.9 Å². The number of aromatic nitrogens is 7. The van der Waals surface area contributed by atoms with E-state index in [0.717, 1.165) is 71.0 Å². The van der Waals surface area contributed by atoms with Crippen LogP contribution in [0.2, 0.25) is 25.7 Å². The number of piperidine rings is 1. The van der Waals surface area contributed by atoms with Gasteiger partial charge in [0.15, 0.2) is 5.82 Å². The summed E-state index contributed by atoms with van der Waals surface area (Å²) in [6, 6.07) is 9.94. The van der Waals surface area contributed by atoms with Gasteiger partial charge in [-0.2, -0.15) is 20.1 Å². The molecule has 4 aromatic rings. The van der Waals surface area contributed by atoms with E-state index in [1.807, 2.05) is 55.6 Å². The predicted octanol–water partition coefficient (Wildman–Crippen LogP) is 6.45. The van der Waals surface area contributed by atoms with Gasteiger partial charge in [-0.1, -0.05) is 25.7 Å². The van der Waals surface area contributed by atoms with E-state index in [2.05, 4.69) is 53.9 Å². The van der Waals surface area contributed by atoms with Crippen molar-refractivity contribution in [2.75, 3.05) is 18.6 Å². The Morgan fingerprint density at radius 1 is 0.979 bits per heavy atom. The highest BCUT2D eigenvalue weighted by molar-refractivity contribution is 6.76. The lowest BCUT2D eigenvalue weighted by molar-refractivity contribution is 0.00596. The Balaban J connectivity index is 1.24. The topological polar surface area (TPSA) is 116 Å². The number of rotatable bonds is 10. The lowest BCUT2D eigenvalue weighted by Crippen LogP contribution is -2.53. The molecular weight excluding hydrogens is 611 g/mol. The van der Waals surface area contributed by atoms with E-state index < -0.39 is 13.7 Å². The minimum atomic E-state index is -1.22. The molecule has 5 heterocycles. The lowest BCUT2D eigenvalue weighted by Gasteiger charge is -2.42. The molecule has 2 bridgehead atoms. The first-order valence-corrected chi connectivity index (χ1v) is 20.6. The maximum Gasteiger partial charge on any atom is 0.410 e. The van der Waals surface area contributed by atoms with Gasteiger partial charge in [-0.25, -0.2) is 9.48 Å². The van der Waals surface area contributed by atoms with Crippen LogP contribution in [0.3, 0.4) is 0 Å². The molecule has 2 aliphatic rings. The monoisotopic (exact) mass is 659 g/mol. The maximum absolute atomic E-state index is 13.0. The largest absolute Gasteiger partial charge is 0.444 e. The van der Waals surface area contributed by atoms with Gasteiger partial charge in [0.1, 0.15) is 18.0 Å². The molecule has 12 nitrogen and oxygen atoms in total. The van der Waals surface area contributed by atoms with Gasteiger partial charge >= 0.3 is 6.09 Å². The number of benzene rings is 1. The van der Waals surface area contributed by atoms with Crippen LogP contribution in [0, 0.1) is 0 Å². The highest BCUT2D eigenvalue weighted by Crippen LogP contribution is 2.39. The SMILES string of the molecule is CCn1ncc(-c2ccc(-c3ccc(N(C)C4C[C@H]5CC[C@@H](C4)N5C(=O)OC(C)(C)C)nn3)c3c2cnn3COCC[Si](C)(C)C)n1. The third-order valence-corrected chi connectivity index (χ3v) is 11.0. The summed E-state index contributed by atoms with van der Waals surface area (Å²) >= 11 is 0. The molecule has 1 aromatic carbocycles. The van der Waals surface area contributed by atoms with Crippen molar-refractivity contribution in [3.8, 4) is 22.5 Å². The Labute approximate surface area is 278 Å². The Morgan fingerprint density at radius 3 is 2.32 bits per heavy atom. The number of anilines is 1. The third-order valence-electron chi connectivity index (χ3n) is 9.25. The average molecular weight is 660 g/mol. The predicted molar refractivity (Wildman–Crippen MR) is 186 cm³/mol. The van der Waals surface area contributed by atoms with Crippen molar-refractivity contribution in [3.63, 3.8) is 0 Å². The van der Waals surface area contributed by atoms with E-state index in [1.54, 1.807) is 11.0 Å². The van der Waals surface area contributed by atoms with Gasteiger partial charge in [0.05, 0.1) is 30.1 Å². The molecule has 47 heavy (non-hydrogen) atoms. The highest BCUT2D eigenvalue weighted by atomic mass is 28.3. The molecule has 13 heteroatoms. The number of nitrogens with zero attached hydrogens (tertiary/aromatic N) is 9. The minimum Gasteiger partial charge on any atom is -0.444 e. The van der Waals surface area contributed by atoms with E-state index >= 15 is 0 Å². The van der Waals surface area contributed by atoms with Gasteiger partial charge in [0, 0.05) is 56.4 Å². The van der Waals surface area contributed by atoms with Crippen molar-refractivity contribution in [3.05, 3.63) is 36.7 Å². The van der Waals surface area contributed by atoms with Gasteiger partial charge < -0.3 is 19.3 Å². The van der Waals surface area contributed by atoms with Crippen LogP contribution in [0.25, 0.3) is 33.4 Å². The van der Waals surface area contributed by atoms with Crippen LogP contribution in [0.15, 0.2) is 36.7 Å². The van der Waals surface area contributed by atoms with Crippen molar-refractivity contribution < 1.29 is 14.3 Å². The Kier molecular flexibility index (Phi) is 9.14. The smallest absolute Gasteiger partial charge is 0.410 e. The molecule has 1 unspecified atom stereocenters. The number of amides is 1. The van der Waals surface area contributed by atoms with E-state index in [4.69, 9.17) is 24.8 Å². The molecule has 0 spiro atoms. The van der Waals surface area contributed by atoms with Crippen LogP contribution in [-0.4, -0.2) is 91.4 Å². The number of ether oxygens (including phenoxy) is 2. The van der Waals surface area contributed by atoms with E-state index in [1.165, 1.54) is 0 Å². The molecule has 0 saturated carbocycles. The Hall–Kier alpha value is -3.84. The first-order valence-electron chi connectivity index (χ1n) is 16.9. The van der Waals surface area contributed by atoms with Crippen LogP contribution in [0.1, 0.15) is 53.4 Å². The molecule has 0 aliphatic carbocycles. The maximum atomic E-state index is 13.0. The number of hydrogen-bond acceptors (Lipinski definition) is 9. The first-order chi connectivity index (χ1) is 22.3. The summed E-state index contributed by atoms with van der Waals surface area (Å²) in [5.74, 6) is 0.816. The molecule has 1 amide bonds. The van der Waals surface area contributed by atoms with Crippen molar-refractivity contribution in [2.45, 2.75) is 116 Å². The van der Waals surface area contributed by atoms with Gasteiger partial charge in [-0.05, 0) is 77.6 Å². The summed E-state index contributed by atoms with van der Waals surface area (Å²) in [7, 11) is 0.866. The van der Waals surface area contributed by atoms with Gasteiger partial charge in [0.2, 0.25) is 0 Å². The van der Waals surface area contributed by atoms with Crippen molar-refractivity contribution in [1.82, 2.24) is 39.9 Å². The summed E-state index contributed by atoms with van der Waals surface area (Å²) in [4.78, 5) is 18.9. The fourth-order valence-corrected chi connectivity index (χ4v) is 7.51. The van der Waals surface area contributed by atoms with Crippen LogP contribution >= 0.6 is 0 Å². The first kappa shape index (κ1) is 33.1. The zero-order valence-corrected chi connectivity index (χ0v) is 30.1. The van der Waals surface area contributed by atoms with E-state index in [9.17, 15) is 4.79 Å². The molecule has 3 atom stereocenters. The molecule has 0 N–H and O–H groups in total. The van der Waals surface area contributed by atoms with Crippen molar-refractivity contribution in [1.29, 1.82) is 0 Å². The average Bonchev–Trinajstić information content (AvgIpc) is 3.73. The second kappa shape index (κ2) is 13.0. The fourth-order valence-electron chi connectivity index (χ4n) is 6.75. The van der Waals surface area contributed by atoms with Crippen LogP contribution in [0.4, 0.5) is 10.6 Å². The summed E-state index contributed by atoms with van der Waals surface area (Å²) in [6.45, 7) is 16.6. The zero-order chi connectivity index (χ0) is 33.5. The van der Waals surface area contributed by atoms with Crippen LogP contribution in [0.5, 0.6) is 0 Å². The number of carbonyl (C=O) groups is 1. The molecule has 2 fully saturated rings. The summed E-state index contributed by atoms with van der Waals surface area (Å²) in [6.07, 6.45) is 7.28. The number of fused-ring (bicyclic) bond motifs is 3. The number of aryl methyl sites for hydroxylation is 1. The quantitative estimate of drug-likeness (QED) is 0.140. The van der Waals surface area contributed by atoms with E-state index in [0.29, 0.717) is 19.9 Å². The molecule has 0 radical (unpaired) electrons. The van der Waals surface area contributed by atoms with Crippen LogP contribution < -0.4 is 4.90 Å². The molecule has 6 rings (SSSR count). The number of hydrogen-bond donors (Lipinski definition) is 0. The van der Waals surface area contributed by atoms with Gasteiger partial charge in [-0.3, -0.25) is 0 Å². The zero-order valence-electron chi connectivity index (χ0n) is 29.1. The number of carbonyl (C=O) groups excluding carboxylic acids is 1. The summed E-state index contributed by atoms with van der Waals surface area (Å²) in [5.41, 5.74) is 3.90. The third kappa shape index (κ3) is 7.20. The minimum absolute atomic E-state index is 0.183. The Bertz CT molecular complexity index is 1690. The molecular formula is C34H49N9O3Si. The highest BCUT2D eigenvalue weighted by Gasteiger charge is 2.46. The van der Waals surface area contributed by atoms with Crippen LogP contribution in [-0.2, 0) is 22.7 Å². The van der Waals surface area contributed by atoms with E-state index in [-0.39, 0.29) is 24.2 Å². The normalized spacial score (nSPS) is 19.8. The molecule has 3 aromatic heterocycles. The van der Waals surface area contributed by atoms with Crippen molar-refractivity contribution in [2.24, 2.45) is 0 Å². The second-order valence-corrected chi connectivity index (χ2v) is 20.7. The standard InChI is InChI=1S/C34H49N9O3Si/c1-9-42-36-21-30(39-42)26-12-13-27(32-28(26)20-35-41(32)22-45-16-17-47(6,7)8)29-14-15-31(38-37-29)40(5)25-18-23-10-11-24(19-25)43(23)33(44)46-34(2,3)4/h12-15,20-21,23-25H,9-11,16-19,22H2,1-8H3/t23-,24+,25?.